The molecule has 0 radical (unpaired) electrons. The van der Waals surface area contributed by atoms with Gasteiger partial charge in [-0.2, -0.15) is 0 Å². The van der Waals surface area contributed by atoms with Gasteiger partial charge in [-0.15, -0.1) is 0 Å². The van der Waals surface area contributed by atoms with Gasteiger partial charge >= 0.3 is 0 Å². The molecule has 1 unspecified atom stereocenters. The Bertz CT molecular complexity index is 206. The second-order valence-corrected chi connectivity index (χ2v) is 7.46. The van der Waals surface area contributed by atoms with E-state index in [1.807, 2.05) is 0 Å². The molecule has 2 heteroatoms. The minimum atomic E-state index is 0.349. The monoisotopic (exact) mass is 327 g/mol. The van der Waals surface area contributed by atoms with Crippen molar-refractivity contribution in [2.24, 2.45) is 0 Å². The molecule has 0 aromatic heterocycles. The average Bonchev–Trinajstić information content (AvgIpc) is 2.53. The first-order valence-corrected chi connectivity index (χ1v) is 10.8. The van der Waals surface area contributed by atoms with Crippen LogP contribution in [0.4, 0.5) is 0 Å². The van der Waals surface area contributed by atoms with Gasteiger partial charge in [-0.1, -0.05) is 110 Å². The van der Waals surface area contributed by atoms with E-state index in [1.54, 1.807) is 7.05 Å². The van der Waals surface area contributed by atoms with Crippen LogP contribution in [0.5, 0.6) is 0 Å². The fourth-order valence-electron chi connectivity index (χ4n) is 3.28. The van der Waals surface area contributed by atoms with Crippen molar-refractivity contribution in [3.05, 3.63) is 5.21 Å². The van der Waals surface area contributed by atoms with Crippen molar-refractivity contribution >= 4 is 0 Å². The van der Waals surface area contributed by atoms with Gasteiger partial charge in [0.1, 0.15) is 0 Å². The zero-order valence-electron chi connectivity index (χ0n) is 16.3. The fourth-order valence-corrected chi connectivity index (χ4v) is 3.28. The van der Waals surface area contributed by atoms with Gasteiger partial charge < -0.3 is 10.3 Å². The van der Waals surface area contributed by atoms with Crippen LogP contribution in [0, 0.1) is 5.21 Å². The number of nitrogens with one attached hydrogen (secondary N) is 1. The molecule has 0 amide bonds. The molecule has 0 heterocycles. The zero-order chi connectivity index (χ0) is 17.0. The highest BCUT2D eigenvalue weighted by Crippen LogP contribution is 2.14. The van der Waals surface area contributed by atoms with Crippen LogP contribution in [0.15, 0.2) is 0 Å². The number of hydroxylamine groups is 2. The van der Waals surface area contributed by atoms with Crippen molar-refractivity contribution < 1.29 is 5.06 Å². The van der Waals surface area contributed by atoms with E-state index in [9.17, 15) is 5.21 Å². The SMILES string of the molecule is CCCCCCCCCCCCCCCCCCCC[NH+](C)[O-]. The molecule has 140 valence electrons. The first-order chi connectivity index (χ1) is 11.3. The summed E-state index contributed by atoms with van der Waals surface area (Å²) in [5.41, 5.74) is 0. The summed E-state index contributed by atoms with van der Waals surface area (Å²) in [5.74, 6) is 0. The fraction of sp³-hybridized carbons (Fsp3) is 1.00. The van der Waals surface area contributed by atoms with Crippen LogP contribution >= 0.6 is 0 Å². The maximum Gasteiger partial charge on any atom is 0.0766 e. The van der Waals surface area contributed by atoms with Crippen LogP contribution in [-0.2, 0) is 0 Å². The van der Waals surface area contributed by atoms with E-state index in [2.05, 4.69) is 6.92 Å². The Morgan fingerprint density at radius 3 is 1.00 bits per heavy atom. The molecule has 0 saturated heterocycles. The molecule has 0 fully saturated rings. The predicted molar refractivity (Wildman–Crippen MR) is 104 cm³/mol. The minimum absolute atomic E-state index is 0.349. The lowest BCUT2D eigenvalue weighted by Gasteiger charge is -2.15. The molecule has 0 aliphatic rings. The topological polar surface area (TPSA) is 27.5 Å². The lowest BCUT2D eigenvalue weighted by molar-refractivity contribution is -0.826. The third-order valence-corrected chi connectivity index (χ3v) is 4.88. The molecular weight excluding hydrogens is 282 g/mol. The van der Waals surface area contributed by atoms with Crippen molar-refractivity contribution in [2.45, 2.75) is 122 Å². The summed E-state index contributed by atoms with van der Waals surface area (Å²) in [6, 6.07) is 0. The Labute approximate surface area is 147 Å². The minimum Gasteiger partial charge on any atom is -0.634 e. The number of quaternary nitrogens is 1. The average molecular weight is 328 g/mol. The zero-order valence-corrected chi connectivity index (χ0v) is 16.3. The van der Waals surface area contributed by atoms with Gasteiger partial charge in [-0.3, -0.25) is 0 Å². The first kappa shape index (κ1) is 22.9. The maximum absolute atomic E-state index is 10.8. The van der Waals surface area contributed by atoms with E-state index in [0.29, 0.717) is 5.06 Å². The van der Waals surface area contributed by atoms with Gasteiger partial charge in [-0.05, 0) is 12.8 Å². The molecule has 0 aliphatic carbocycles. The second-order valence-electron chi connectivity index (χ2n) is 7.46. The van der Waals surface area contributed by atoms with Crippen LogP contribution in [-0.4, -0.2) is 13.6 Å². The summed E-state index contributed by atoms with van der Waals surface area (Å²) < 4.78 is 0. The van der Waals surface area contributed by atoms with Gasteiger partial charge in [0.15, 0.2) is 0 Å². The van der Waals surface area contributed by atoms with E-state index in [0.717, 1.165) is 13.0 Å². The third-order valence-electron chi connectivity index (χ3n) is 4.88. The smallest absolute Gasteiger partial charge is 0.0766 e. The van der Waals surface area contributed by atoms with E-state index in [1.165, 1.54) is 109 Å². The highest BCUT2D eigenvalue weighted by atomic mass is 16.5. The molecule has 0 spiro atoms. The Morgan fingerprint density at radius 1 is 0.478 bits per heavy atom. The van der Waals surface area contributed by atoms with Crippen molar-refractivity contribution in [1.82, 2.24) is 0 Å². The number of hydrogen-bond donors (Lipinski definition) is 1. The van der Waals surface area contributed by atoms with E-state index >= 15 is 0 Å². The van der Waals surface area contributed by atoms with Crippen LogP contribution < -0.4 is 5.06 Å². The van der Waals surface area contributed by atoms with Crippen molar-refractivity contribution in [1.29, 1.82) is 0 Å². The van der Waals surface area contributed by atoms with Gasteiger partial charge in [-0.25, -0.2) is 0 Å². The number of hydrogen-bond acceptors (Lipinski definition) is 1. The highest BCUT2D eigenvalue weighted by molar-refractivity contribution is 4.50. The number of rotatable bonds is 19. The largest absolute Gasteiger partial charge is 0.634 e. The van der Waals surface area contributed by atoms with Crippen molar-refractivity contribution in [2.75, 3.05) is 13.6 Å². The van der Waals surface area contributed by atoms with Gasteiger partial charge in [0, 0.05) is 0 Å². The predicted octanol–water partition coefficient (Wildman–Crippen LogP) is 6.04. The summed E-state index contributed by atoms with van der Waals surface area (Å²) in [6.45, 7) is 3.08. The molecule has 0 aromatic rings. The highest BCUT2D eigenvalue weighted by Gasteiger charge is 1.95. The van der Waals surface area contributed by atoms with Crippen molar-refractivity contribution in [3.8, 4) is 0 Å². The Morgan fingerprint density at radius 2 is 0.739 bits per heavy atom. The second kappa shape index (κ2) is 20.0. The summed E-state index contributed by atoms with van der Waals surface area (Å²) in [5, 5.41) is 11.2. The van der Waals surface area contributed by atoms with Crippen LogP contribution in [0.2, 0.25) is 0 Å². The Kier molecular flexibility index (Phi) is 19.9. The quantitative estimate of drug-likeness (QED) is 0.227. The summed E-state index contributed by atoms with van der Waals surface area (Å²) in [4.78, 5) is 0. The lowest BCUT2D eigenvalue weighted by Crippen LogP contribution is -3.03. The molecule has 0 aromatic carbocycles. The van der Waals surface area contributed by atoms with E-state index in [4.69, 9.17) is 0 Å². The molecule has 0 saturated carbocycles. The molecule has 0 rings (SSSR count). The van der Waals surface area contributed by atoms with Gasteiger partial charge in [0.05, 0.1) is 13.6 Å². The Hall–Kier alpha value is -0.0800. The Balaban J connectivity index is 2.95. The summed E-state index contributed by atoms with van der Waals surface area (Å²) in [7, 11) is 1.70. The normalized spacial score (nSPS) is 12.7. The van der Waals surface area contributed by atoms with Crippen LogP contribution in [0.3, 0.4) is 0 Å². The molecule has 1 N–H and O–H groups in total. The molecule has 0 bridgehead atoms. The molecule has 0 aliphatic heterocycles. The lowest BCUT2D eigenvalue weighted by atomic mass is 10.0. The van der Waals surface area contributed by atoms with E-state index in [-0.39, 0.29) is 0 Å². The molecule has 23 heavy (non-hydrogen) atoms. The summed E-state index contributed by atoms with van der Waals surface area (Å²) in [6.07, 6.45) is 25.2. The van der Waals surface area contributed by atoms with Gasteiger partial charge in [0.2, 0.25) is 0 Å². The van der Waals surface area contributed by atoms with Crippen LogP contribution in [0.25, 0.3) is 0 Å². The standard InChI is InChI=1S/C21H45NO/c1-3-4-5-6-7-8-9-10-11-12-13-14-15-16-17-18-19-20-21-22(2)23/h22H,3-21H2,1-2H3. The van der Waals surface area contributed by atoms with Crippen LogP contribution in [0.1, 0.15) is 122 Å². The van der Waals surface area contributed by atoms with Crippen molar-refractivity contribution in [3.63, 3.8) is 0 Å². The maximum atomic E-state index is 10.8. The third kappa shape index (κ3) is 21.9. The summed E-state index contributed by atoms with van der Waals surface area (Å²) >= 11 is 0. The molecule has 1 atom stereocenters. The number of unbranched alkanes of at least 4 members (excludes halogenated alkanes) is 17. The van der Waals surface area contributed by atoms with E-state index < -0.39 is 0 Å². The molecular formula is C21H45NO. The van der Waals surface area contributed by atoms with Gasteiger partial charge in [0.25, 0.3) is 0 Å². The molecule has 2 nitrogen and oxygen atoms in total. The first-order valence-electron chi connectivity index (χ1n) is 10.8.